The van der Waals surface area contributed by atoms with Crippen molar-refractivity contribution < 1.29 is 0 Å². The van der Waals surface area contributed by atoms with Crippen molar-refractivity contribution in [2.45, 2.75) is 32.7 Å². The Morgan fingerprint density at radius 3 is 2.85 bits per heavy atom. The Balaban J connectivity index is 2.29. The Hall–Kier alpha value is -0.410. The molecule has 1 aromatic rings. The molecule has 0 bridgehead atoms. The first-order valence-corrected chi connectivity index (χ1v) is 5.66. The third-order valence-electron chi connectivity index (χ3n) is 2.26. The second-order valence-electron chi connectivity index (χ2n) is 3.66. The molecule has 2 nitrogen and oxygen atoms in total. The minimum atomic E-state index is 0.606. The van der Waals surface area contributed by atoms with Gasteiger partial charge in [0.25, 0.3) is 0 Å². The lowest BCUT2D eigenvalue weighted by Crippen LogP contribution is -2.24. The molecule has 1 rings (SSSR count). The van der Waals surface area contributed by atoms with E-state index in [1.54, 1.807) is 11.3 Å². The van der Waals surface area contributed by atoms with Gasteiger partial charge in [0, 0.05) is 24.0 Å². The van der Waals surface area contributed by atoms with Crippen LogP contribution in [0.1, 0.15) is 25.3 Å². The predicted octanol–water partition coefficient (Wildman–Crippen LogP) is 2.32. The molecule has 2 atom stereocenters. The van der Waals surface area contributed by atoms with E-state index in [1.807, 2.05) is 18.6 Å². The third kappa shape index (κ3) is 3.87. The van der Waals surface area contributed by atoms with E-state index < -0.39 is 0 Å². The van der Waals surface area contributed by atoms with Gasteiger partial charge in [0.2, 0.25) is 0 Å². The molecule has 13 heavy (non-hydrogen) atoms. The number of thiazole rings is 1. The van der Waals surface area contributed by atoms with Crippen LogP contribution in [-0.2, 0) is 6.42 Å². The molecule has 3 heteroatoms. The molecule has 0 amide bonds. The van der Waals surface area contributed by atoms with Crippen LogP contribution < -0.4 is 5.32 Å². The first kappa shape index (κ1) is 10.7. The molecular formula is C10H18N2S. The van der Waals surface area contributed by atoms with Crippen molar-refractivity contribution in [3.63, 3.8) is 0 Å². The minimum absolute atomic E-state index is 0.606. The number of nitrogens with one attached hydrogen (secondary N) is 1. The summed E-state index contributed by atoms with van der Waals surface area (Å²) in [5.41, 5.74) is 0. The summed E-state index contributed by atoms with van der Waals surface area (Å²) >= 11 is 1.75. The highest BCUT2D eigenvalue weighted by Gasteiger charge is 2.08. The Labute approximate surface area is 84.4 Å². The van der Waals surface area contributed by atoms with Crippen LogP contribution in [0, 0.1) is 5.92 Å². The molecule has 2 unspecified atom stereocenters. The molecule has 0 aliphatic heterocycles. The summed E-state index contributed by atoms with van der Waals surface area (Å²) in [5, 5.41) is 6.56. The quantitative estimate of drug-likeness (QED) is 0.785. The topological polar surface area (TPSA) is 24.9 Å². The minimum Gasteiger partial charge on any atom is -0.317 e. The lowest BCUT2D eigenvalue weighted by Gasteiger charge is -2.15. The van der Waals surface area contributed by atoms with E-state index in [0.717, 1.165) is 6.42 Å². The maximum atomic E-state index is 4.29. The standard InChI is InChI=1S/C10H18N2S/c1-8(6-9(2)11-3)7-10-12-4-5-13-10/h4-5,8-9,11H,6-7H2,1-3H3. The van der Waals surface area contributed by atoms with Crippen molar-refractivity contribution in [3.05, 3.63) is 16.6 Å². The molecule has 1 aromatic heterocycles. The van der Waals surface area contributed by atoms with E-state index in [4.69, 9.17) is 0 Å². The maximum Gasteiger partial charge on any atom is 0.0927 e. The molecule has 0 radical (unpaired) electrons. The molecule has 1 N–H and O–H groups in total. The predicted molar refractivity (Wildman–Crippen MR) is 58.1 cm³/mol. The van der Waals surface area contributed by atoms with Crippen molar-refractivity contribution in [2.24, 2.45) is 5.92 Å². The fourth-order valence-electron chi connectivity index (χ4n) is 1.46. The van der Waals surface area contributed by atoms with Crippen LogP contribution >= 0.6 is 11.3 Å². The van der Waals surface area contributed by atoms with Gasteiger partial charge in [-0.15, -0.1) is 11.3 Å². The zero-order valence-corrected chi connectivity index (χ0v) is 9.40. The van der Waals surface area contributed by atoms with Crippen molar-refractivity contribution in [1.82, 2.24) is 10.3 Å². The summed E-state index contributed by atoms with van der Waals surface area (Å²) in [4.78, 5) is 4.29. The van der Waals surface area contributed by atoms with E-state index >= 15 is 0 Å². The van der Waals surface area contributed by atoms with E-state index in [2.05, 4.69) is 24.1 Å². The van der Waals surface area contributed by atoms with Gasteiger partial charge in [-0.3, -0.25) is 0 Å². The van der Waals surface area contributed by atoms with Gasteiger partial charge < -0.3 is 5.32 Å². The lowest BCUT2D eigenvalue weighted by atomic mass is 10.00. The van der Waals surface area contributed by atoms with Crippen LogP contribution in [-0.4, -0.2) is 18.1 Å². The van der Waals surface area contributed by atoms with Gasteiger partial charge in [0.05, 0.1) is 5.01 Å². The van der Waals surface area contributed by atoms with Gasteiger partial charge in [-0.2, -0.15) is 0 Å². The lowest BCUT2D eigenvalue weighted by molar-refractivity contribution is 0.440. The van der Waals surface area contributed by atoms with Crippen molar-refractivity contribution in [3.8, 4) is 0 Å². The SMILES string of the molecule is CNC(C)CC(C)Cc1nccs1. The van der Waals surface area contributed by atoms with E-state index in [-0.39, 0.29) is 0 Å². The summed E-state index contributed by atoms with van der Waals surface area (Å²) in [6.45, 7) is 4.51. The van der Waals surface area contributed by atoms with Crippen LogP contribution in [0.5, 0.6) is 0 Å². The smallest absolute Gasteiger partial charge is 0.0927 e. The van der Waals surface area contributed by atoms with Crippen LogP contribution in [0.2, 0.25) is 0 Å². The van der Waals surface area contributed by atoms with Gasteiger partial charge in [-0.25, -0.2) is 4.98 Å². The highest BCUT2D eigenvalue weighted by molar-refractivity contribution is 7.09. The highest BCUT2D eigenvalue weighted by atomic mass is 32.1. The number of rotatable bonds is 5. The van der Waals surface area contributed by atoms with E-state index in [9.17, 15) is 0 Å². The molecule has 0 aromatic carbocycles. The van der Waals surface area contributed by atoms with Gasteiger partial charge in [-0.05, 0) is 26.3 Å². The largest absolute Gasteiger partial charge is 0.317 e. The summed E-state index contributed by atoms with van der Waals surface area (Å²) < 4.78 is 0. The molecule has 74 valence electrons. The van der Waals surface area contributed by atoms with Gasteiger partial charge in [0.1, 0.15) is 0 Å². The number of hydrogen-bond donors (Lipinski definition) is 1. The summed E-state index contributed by atoms with van der Waals surface area (Å²) in [7, 11) is 2.01. The van der Waals surface area contributed by atoms with Gasteiger partial charge in [0.15, 0.2) is 0 Å². The van der Waals surface area contributed by atoms with Crippen LogP contribution in [0.25, 0.3) is 0 Å². The highest BCUT2D eigenvalue weighted by Crippen LogP contribution is 2.15. The molecule has 0 aliphatic rings. The van der Waals surface area contributed by atoms with Crippen LogP contribution in [0.4, 0.5) is 0 Å². The first-order valence-electron chi connectivity index (χ1n) is 4.78. The third-order valence-corrected chi connectivity index (χ3v) is 3.06. The van der Waals surface area contributed by atoms with E-state index in [0.29, 0.717) is 12.0 Å². The number of nitrogens with zero attached hydrogens (tertiary/aromatic N) is 1. The zero-order chi connectivity index (χ0) is 9.68. The maximum absolute atomic E-state index is 4.29. The number of hydrogen-bond acceptors (Lipinski definition) is 3. The second-order valence-corrected chi connectivity index (χ2v) is 4.64. The monoisotopic (exact) mass is 198 g/mol. The van der Waals surface area contributed by atoms with Crippen LogP contribution in [0.3, 0.4) is 0 Å². The summed E-state index contributed by atoms with van der Waals surface area (Å²) in [6, 6.07) is 0.606. The molecule has 0 saturated heterocycles. The summed E-state index contributed by atoms with van der Waals surface area (Å²) in [5.74, 6) is 0.716. The fraction of sp³-hybridized carbons (Fsp3) is 0.700. The fourth-order valence-corrected chi connectivity index (χ4v) is 2.24. The summed E-state index contributed by atoms with van der Waals surface area (Å²) in [6.07, 6.45) is 4.22. The molecule has 0 saturated carbocycles. The van der Waals surface area contributed by atoms with Gasteiger partial charge >= 0.3 is 0 Å². The molecule has 1 heterocycles. The zero-order valence-electron chi connectivity index (χ0n) is 8.58. The molecule has 0 spiro atoms. The molecule has 0 aliphatic carbocycles. The van der Waals surface area contributed by atoms with Crippen molar-refractivity contribution in [2.75, 3.05) is 7.05 Å². The Bertz CT molecular complexity index is 221. The first-order chi connectivity index (χ1) is 6.22. The van der Waals surface area contributed by atoms with Gasteiger partial charge in [-0.1, -0.05) is 6.92 Å². The Morgan fingerprint density at radius 2 is 2.31 bits per heavy atom. The van der Waals surface area contributed by atoms with Crippen LogP contribution in [0.15, 0.2) is 11.6 Å². The van der Waals surface area contributed by atoms with Crippen molar-refractivity contribution in [1.29, 1.82) is 0 Å². The Morgan fingerprint density at radius 1 is 1.54 bits per heavy atom. The average Bonchev–Trinajstić information content (AvgIpc) is 2.56. The molecule has 0 fully saturated rings. The second kappa shape index (κ2) is 5.35. The van der Waals surface area contributed by atoms with E-state index in [1.165, 1.54) is 11.4 Å². The number of aromatic nitrogens is 1. The average molecular weight is 198 g/mol. The Kier molecular flexibility index (Phi) is 4.39. The normalized spacial score (nSPS) is 15.6. The van der Waals surface area contributed by atoms with Crippen molar-refractivity contribution >= 4 is 11.3 Å². The molecular weight excluding hydrogens is 180 g/mol.